The minimum absolute atomic E-state index is 0.539. The molecule has 130 valence electrons. The molecule has 0 aliphatic carbocycles. The molecule has 0 fully saturated rings. The molecule has 1 unspecified atom stereocenters. The van der Waals surface area contributed by atoms with E-state index in [0.717, 1.165) is 46.4 Å². The maximum atomic E-state index is 10.8. The van der Waals surface area contributed by atoms with E-state index in [4.69, 9.17) is 4.98 Å². The van der Waals surface area contributed by atoms with Gasteiger partial charge in [0.15, 0.2) is 0 Å². The predicted molar refractivity (Wildman–Crippen MR) is 105 cm³/mol. The summed E-state index contributed by atoms with van der Waals surface area (Å²) in [4.78, 5) is 7.18. The van der Waals surface area contributed by atoms with Gasteiger partial charge in [-0.2, -0.15) is 0 Å². The summed E-state index contributed by atoms with van der Waals surface area (Å²) in [5.41, 5.74) is 5.03. The lowest BCUT2D eigenvalue weighted by Crippen LogP contribution is -2.28. The van der Waals surface area contributed by atoms with Crippen molar-refractivity contribution in [3.05, 3.63) is 65.7 Å². The topological polar surface area (TPSA) is 36.4 Å². The quantitative estimate of drug-likeness (QED) is 0.716. The molecule has 1 atom stereocenters. The molecule has 1 N–H and O–H groups in total. The molecular formula is C22H26N2O. The molecule has 3 rings (SSSR count). The zero-order valence-electron chi connectivity index (χ0n) is 15.2. The largest absolute Gasteiger partial charge is 0.387 e. The first-order chi connectivity index (χ1) is 12.1. The van der Waals surface area contributed by atoms with Crippen LogP contribution in [0.3, 0.4) is 0 Å². The van der Waals surface area contributed by atoms with Crippen molar-refractivity contribution in [1.29, 1.82) is 0 Å². The van der Waals surface area contributed by atoms with Crippen molar-refractivity contribution >= 4 is 10.9 Å². The summed E-state index contributed by atoms with van der Waals surface area (Å²) in [6.07, 6.45) is -0.539. The van der Waals surface area contributed by atoms with E-state index in [0.29, 0.717) is 6.54 Å². The molecule has 1 heterocycles. The highest BCUT2D eigenvalue weighted by Crippen LogP contribution is 2.29. The Morgan fingerprint density at radius 1 is 1.00 bits per heavy atom. The van der Waals surface area contributed by atoms with Crippen molar-refractivity contribution in [2.75, 3.05) is 19.6 Å². The van der Waals surface area contributed by atoms with Crippen LogP contribution >= 0.6 is 0 Å². The van der Waals surface area contributed by atoms with Crippen LogP contribution in [0.25, 0.3) is 22.2 Å². The van der Waals surface area contributed by atoms with Crippen LogP contribution in [0.4, 0.5) is 0 Å². The number of fused-ring (bicyclic) bond motifs is 1. The second-order valence-electron chi connectivity index (χ2n) is 6.44. The van der Waals surface area contributed by atoms with Crippen molar-refractivity contribution in [1.82, 2.24) is 9.88 Å². The van der Waals surface area contributed by atoms with Gasteiger partial charge in [0, 0.05) is 23.1 Å². The third-order valence-electron chi connectivity index (χ3n) is 4.80. The molecule has 0 radical (unpaired) electrons. The minimum Gasteiger partial charge on any atom is -0.387 e. The molecule has 0 aliphatic rings. The Kier molecular flexibility index (Phi) is 5.47. The lowest BCUT2D eigenvalue weighted by Gasteiger charge is -2.23. The van der Waals surface area contributed by atoms with Crippen LogP contribution in [0.5, 0.6) is 0 Å². The molecule has 3 nitrogen and oxygen atoms in total. The number of likely N-dealkylation sites (N-methyl/N-ethyl adjacent to an activating group) is 1. The summed E-state index contributed by atoms with van der Waals surface area (Å²) in [6.45, 7) is 8.82. The summed E-state index contributed by atoms with van der Waals surface area (Å²) >= 11 is 0. The van der Waals surface area contributed by atoms with Gasteiger partial charge in [-0.15, -0.1) is 0 Å². The normalized spacial score (nSPS) is 12.7. The van der Waals surface area contributed by atoms with Crippen LogP contribution < -0.4 is 0 Å². The Balaban J connectivity index is 2.08. The van der Waals surface area contributed by atoms with Gasteiger partial charge >= 0.3 is 0 Å². The number of aliphatic hydroxyl groups excluding tert-OH is 1. The summed E-state index contributed by atoms with van der Waals surface area (Å²) in [6, 6.07) is 18.5. The number of para-hydroxylation sites is 1. The van der Waals surface area contributed by atoms with Crippen LogP contribution in [0.15, 0.2) is 54.6 Å². The molecule has 0 bridgehead atoms. The highest BCUT2D eigenvalue weighted by atomic mass is 16.3. The zero-order valence-corrected chi connectivity index (χ0v) is 15.2. The van der Waals surface area contributed by atoms with Crippen LogP contribution in [0.2, 0.25) is 0 Å². The Morgan fingerprint density at radius 2 is 1.72 bits per heavy atom. The van der Waals surface area contributed by atoms with Gasteiger partial charge in [0.1, 0.15) is 0 Å². The predicted octanol–water partition coefficient (Wildman–Crippen LogP) is 4.59. The Morgan fingerprint density at radius 3 is 2.40 bits per heavy atom. The zero-order chi connectivity index (χ0) is 17.8. The molecule has 3 heteroatoms. The van der Waals surface area contributed by atoms with E-state index in [1.807, 2.05) is 30.3 Å². The number of hydrogen-bond donors (Lipinski definition) is 1. The standard InChI is InChI=1S/C22H26N2O/c1-4-24(5-2)15-20(25)19-13-9-12-18-14-16(3)21(23-22(18)19)17-10-7-6-8-11-17/h6-14,20,25H,4-5,15H2,1-3H3. The highest BCUT2D eigenvalue weighted by Gasteiger charge is 2.16. The molecule has 0 saturated heterocycles. The van der Waals surface area contributed by atoms with Gasteiger partial charge in [0.2, 0.25) is 0 Å². The lowest BCUT2D eigenvalue weighted by atomic mass is 10.00. The van der Waals surface area contributed by atoms with E-state index < -0.39 is 6.10 Å². The summed E-state index contributed by atoms with van der Waals surface area (Å²) in [5.74, 6) is 0. The Hall–Kier alpha value is -2.23. The highest BCUT2D eigenvalue weighted by molar-refractivity contribution is 5.86. The van der Waals surface area contributed by atoms with Crippen LogP contribution in [0, 0.1) is 6.92 Å². The van der Waals surface area contributed by atoms with E-state index in [-0.39, 0.29) is 0 Å². The van der Waals surface area contributed by atoms with Crippen molar-refractivity contribution < 1.29 is 5.11 Å². The van der Waals surface area contributed by atoms with Crippen LogP contribution in [-0.2, 0) is 0 Å². The molecule has 1 aromatic heterocycles. The smallest absolute Gasteiger partial charge is 0.0937 e. The fourth-order valence-electron chi connectivity index (χ4n) is 3.31. The third-order valence-corrected chi connectivity index (χ3v) is 4.80. The molecule has 25 heavy (non-hydrogen) atoms. The first kappa shape index (κ1) is 17.6. The fraction of sp³-hybridized carbons (Fsp3) is 0.318. The second-order valence-corrected chi connectivity index (χ2v) is 6.44. The minimum atomic E-state index is -0.539. The molecule has 0 aliphatic heterocycles. The number of aliphatic hydroxyl groups is 1. The second kappa shape index (κ2) is 7.77. The molecule has 0 saturated carbocycles. The van der Waals surface area contributed by atoms with E-state index in [1.54, 1.807) is 0 Å². The maximum Gasteiger partial charge on any atom is 0.0937 e. The molecule has 2 aromatic carbocycles. The summed E-state index contributed by atoms with van der Waals surface area (Å²) in [5, 5.41) is 11.9. The average Bonchev–Trinajstić information content (AvgIpc) is 2.65. The SMILES string of the molecule is CCN(CC)CC(O)c1cccc2cc(C)c(-c3ccccc3)nc12. The van der Waals surface area contributed by atoms with Gasteiger partial charge in [0.25, 0.3) is 0 Å². The molecule has 0 amide bonds. The van der Waals surface area contributed by atoms with Gasteiger partial charge in [-0.1, -0.05) is 62.4 Å². The lowest BCUT2D eigenvalue weighted by molar-refractivity contribution is 0.120. The number of nitrogens with zero attached hydrogens (tertiary/aromatic N) is 2. The number of benzene rings is 2. The monoisotopic (exact) mass is 334 g/mol. The number of rotatable bonds is 6. The van der Waals surface area contributed by atoms with Gasteiger partial charge in [0.05, 0.1) is 17.3 Å². The molecule has 3 aromatic rings. The van der Waals surface area contributed by atoms with Gasteiger partial charge in [-0.3, -0.25) is 0 Å². The number of pyridine rings is 1. The van der Waals surface area contributed by atoms with E-state index in [2.05, 4.69) is 49.9 Å². The van der Waals surface area contributed by atoms with Crippen molar-refractivity contribution in [3.63, 3.8) is 0 Å². The van der Waals surface area contributed by atoms with Crippen LogP contribution in [0.1, 0.15) is 31.1 Å². The number of aryl methyl sites for hydroxylation is 1. The van der Waals surface area contributed by atoms with E-state index >= 15 is 0 Å². The molecule has 0 spiro atoms. The fourth-order valence-corrected chi connectivity index (χ4v) is 3.31. The first-order valence-corrected chi connectivity index (χ1v) is 9.00. The van der Waals surface area contributed by atoms with Crippen molar-refractivity contribution in [3.8, 4) is 11.3 Å². The first-order valence-electron chi connectivity index (χ1n) is 9.00. The summed E-state index contributed by atoms with van der Waals surface area (Å²) in [7, 11) is 0. The van der Waals surface area contributed by atoms with E-state index in [9.17, 15) is 5.11 Å². The summed E-state index contributed by atoms with van der Waals surface area (Å²) < 4.78 is 0. The van der Waals surface area contributed by atoms with Gasteiger partial charge < -0.3 is 10.0 Å². The van der Waals surface area contributed by atoms with Crippen molar-refractivity contribution in [2.24, 2.45) is 0 Å². The Labute approximate surface area is 149 Å². The number of hydrogen-bond acceptors (Lipinski definition) is 3. The van der Waals surface area contributed by atoms with Crippen LogP contribution in [-0.4, -0.2) is 34.6 Å². The third kappa shape index (κ3) is 3.73. The van der Waals surface area contributed by atoms with Gasteiger partial charge in [-0.25, -0.2) is 4.98 Å². The van der Waals surface area contributed by atoms with Crippen molar-refractivity contribution in [2.45, 2.75) is 26.9 Å². The molecular weight excluding hydrogens is 308 g/mol. The van der Waals surface area contributed by atoms with Gasteiger partial charge in [-0.05, 0) is 31.6 Å². The Bertz CT molecular complexity index is 841. The average molecular weight is 334 g/mol. The maximum absolute atomic E-state index is 10.8. The number of aromatic nitrogens is 1. The van der Waals surface area contributed by atoms with E-state index in [1.165, 1.54) is 0 Å².